The fourth-order valence-corrected chi connectivity index (χ4v) is 4.24. The molecule has 1 aliphatic heterocycles. The molecule has 10 heteroatoms. The van der Waals surface area contributed by atoms with E-state index < -0.39 is 22.0 Å². The lowest BCUT2D eigenvalue weighted by Crippen LogP contribution is -2.36. The predicted molar refractivity (Wildman–Crippen MR) is 108 cm³/mol. The number of nitrogens with one attached hydrogen (secondary N) is 1. The first-order valence-corrected chi connectivity index (χ1v) is 10.8. The molecule has 0 saturated heterocycles. The number of anilines is 2. The van der Waals surface area contributed by atoms with Crippen LogP contribution in [0.1, 0.15) is 6.42 Å². The van der Waals surface area contributed by atoms with E-state index in [1.807, 2.05) is 0 Å². The molecule has 6 nitrogen and oxygen atoms in total. The standard InChI is InChI=1S/C17H15Cl3N2O4S/c1-27(24,25)22-7-6-16(26-15-5-3-11(19)9-14(15)22)17(23)21-13-4-2-10(18)8-12(13)20/h2-5,8-9,16H,6-7H2,1H3,(H,21,23). The second kappa shape index (κ2) is 7.75. The Morgan fingerprint density at radius 2 is 1.81 bits per heavy atom. The van der Waals surface area contributed by atoms with Crippen molar-refractivity contribution in [3.05, 3.63) is 51.5 Å². The second-order valence-corrected chi connectivity index (χ2v) is 9.14. The van der Waals surface area contributed by atoms with E-state index in [2.05, 4.69) is 5.32 Å². The summed E-state index contributed by atoms with van der Waals surface area (Å²) in [6.07, 6.45) is 0.325. The van der Waals surface area contributed by atoms with Gasteiger partial charge in [0.2, 0.25) is 10.0 Å². The third-order valence-electron chi connectivity index (χ3n) is 3.94. The molecule has 1 heterocycles. The molecule has 1 amide bonds. The highest BCUT2D eigenvalue weighted by Crippen LogP contribution is 2.36. The second-order valence-electron chi connectivity index (χ2n) is 5.96. The van der Waals surface area contributed by atoms with Gasteiger partial charge in [-0.2, -0.15) is 0 Å². The van der Waals surface area contributed by atoms with Gasteiger partial charge in [-0.3, -0.25) is 9.10 Å². The third-order valence-corrected chi connectivity index (χ3v) is 5.90. The fourth-order valence-electron chi connectivity index (χ4n) is 2.69. The zero-order chi connectivity index (χ0) is 19.8. The lowest BCUT2D eigenvalue weighted by molar-refractivity contribution is -0.122. The van der Waals surface area contributed by atoms with E-state index in [1.54, 1.807) is 18.2 Å². The molecule has 27 heavy (non-hydrogen) atoms. The van der Waals surface area contributed by atoms with Gasteiger partial charge >= 0.3 is 0 Å². The number of amides is 1. The highest BCUT2D eigenvalue weighted by Gasteiger charge is 2.31. The monoisotopic (exact) mass is 448 g/mol. The van der Waals surface area contributed by atoms with Gasteiger partial charge in [0.1, 0.15) is 5.75 Å². The van der Waals surface area contributed by atoms with Crippen LogP contribution in [-0.4, -0.2) is 33.2 Å². The molecule has 0 fully saturated rings. The van der Waals surface area contributed by atoms with Crippen LogP contribution in [0.5, 0.6) is 5.75 Å². The van der Waals surface area contributed by atoms with Gasteiger partial charge in [-0.25, -0.2) is 8.42 Å². The van der Waals surface area contributed by atoms with Crippen LogP contribution in [0.2, 0.25) is 15.1 Å². The van der Waals surface area contributed by atoms with E-state index >= 15 is 0 Å². The topological polar surface area (TPSA) is 75.7 Å². The van der Waals surface area contributed by atoms with Crippen molar-refractivity contribution in [3.8, 4) is 5.75 Å². The number of rotatable bonds is 3. The highest BCUT2D eigenvalue weighted by molar-refractivity contribution is 7.92. The number of hydrogen-bond donors (Lipinski definition) is 1. The Hall–Kier alpha value is -1.67. The highest BCUT2D eigenvalue weighted by atomic mass is 35.5. The molecule has 2 aromatic carbocycles. The van der Waals surface area contributed by atoms with Crippen LogP contribution >= 0.6 is 34.8 Å². The van der Waals surface area contributed by atoms with Crippen molar-refractivity contribution >= 4 is 62.1 Å². The number of hydrogen-bond acceptors (Lipinski definition) is 4. The quantitative estimate of drug-likeness (QED) is 0.762. The minimum atomic E-state index is -3.57. The van der Waals surface area contributed by atoms with Crippen molar-refractivity contribution in [2.24, 2.45) is 0 Å². The van der Waals surface area contributed by atoms with Crippen molar-refractivity contribution in [2.45, 2.75) is 12.5 Å². The van der Waals surface area contributed by atoms with Gasteiger partial charge in [-0.05, 0) is 36.4 Å². The van der Waals surface area contributed by atoms with E-state index in [0.717, 1.165) is 6.26 Å². The molecule has 1 N–H and O–H groups in total. The van der Waals surface area contributed by atoms with E-state index in [-0.39, 0.29) is 23.7 Å². The van der Waals surface area contributed by atoms with Crippen LogP contribution in [0.25, 0.3) is 0 Å². The third kappa shape index (κ3) is 4.60. The summed E-state index contributed by atoms with van der Waals surface area (Å²) in [5.41, 5.74) is 0.681. The molecule has 1 unspecified atom stereocenters. The van der Waals surface area contributed by atoms with Gasteiger partial charge in [0.25, 0.3) is 5.91 Å². The average molecular weight is 450 g/mol. The summed E-state index contributed by atoms with van der Waals surface area (Å²) in [5.74, 6) is -0.194. The molecule has 0 radical (unpaired) electrons. The van der Waals surface area contributed by atoms with E-state index in [4.69, 9.17) is 39.5 Å². The van der Waals surface area contributed by atoms with Crippen LogP contribution in [0.4, 0.5) is 11.4 Å². The average Bonchev–Trinajstić information content (AvgIpc) is 2.76. The molecule has 0 saturated carbocycles. The number of carbonyl (C=O) groups excluding carboxylic acids is 1. The summed E-state index contributed by atoms with van der Waals surface area (Å²) in [7, 11) is -3.57. The largest absolute Gasteiger partial charge is 0.478 e. The van der Waals surface area contributed by atoms with Gasteiger partial charge in [0.05, 0.1) is 22.7 Å². The van der Waals surface area contributed by atoms with E-state index in [0.29, 0.717) is 21.4 Å². The number of nitrogens with zero attached hydrogens (tertiary/aromatic N) is 1. The molecule has 3 rings (SSSR count). The van der Waals surface area contributed by atoms with Crippen molar-refractivity contribution in [2.75, 3.05) is 22.4 Å². The number of fused-ring (bicyclic) bond motifs is 1. The van der Waals surface area contributed by atoms with Crippen LogP contribution < -0.4 is 14.4 Å². The first kappa shape index (κ1) is 20.1. The Morgan fingerprint density at radius 3 is 2.48 bits per heavy atom. The number of sulfonamides is 1. The van der Waals surface area contributed by atoms with E-state index in [1.165, 1.54) is 22.5 Å². The maximum atomic E-state index is 12.7. The number of halogens is 3. The molecule has 144 valence electrons. The molecule has 0 aromatic heterocycles. The zero-order valence-corrected chi connectivity index (χ0v) is 17.2. The summed E-state index contributed by atoms with van der Waals surface area (Å²) >= 11 is 17.9. The van der Waals surface area contributed by atoms with Gasteiger partial charge in [-0.1, -0.05) is 34.8 Å². The fraction of sp³-hybridized carbons (Fsp3) is 0.235. The zero-order valence-electron chi connectivity index (χ0n) is 14.1. The van der Waals surface area contributed by atoms with Crippen molar-refractivity contribution < 1.29 is 17.9 Å². The predicted octanol–water partition coefficient (Wildman–Crippen LogP) is 4.20. The Kier molecular flexibility index (Phi) is 5.76. The van der Waals surface area contributed by atoms with Gasteiger partial charge < -0.3 is 10.1 Å². The molecular weight excluding hydrogens is 435 g/mol. The van der Waals surface area contributed by atoms with Crippen LogP contribution in [-0.2, 0) is 14.8 Å². The first-order chi connectivity index (χ1) is 12.6. The maximum absolute atomic E-state index is 12.7. The summed E-state index contributed by atoms with van der Waals surface area (Å²) < 4.78 is 31.3. The van der Waals surface area contributed by atoms with Gasteiger partial charge in [0.15, 0.2) is 6.10 Å². The molecule has 0 aliphatic carbocycles. The molecule has 1 atom stereocenters. The lowest BCUT2D eigenvalue weighted by Gasteiger charge is -2.21. The van der Waals surface area contributed by atoms with Gasteiger partial charge in [0, 0.05) is 23.0 Å². The normalized spacial score (nSPS) is 16.9. The summed E-state index contributed by atoms with van der Waals surface area (Å²) in [4.78, 5) is 12.7. The molecule has 0 spiro atoms. The first-order valence-electron chi connectivity index (χ1n) is 7.85. The van der Waals surface area contributed by atoms with Crippen LogP contribution in [0.3, 0.4) is 0 Å². The lowest BCUT2D eigenvalue weighted by atomic mass is 10.2. The SMILES string of the molecule is CS(=O)(=O)N1CCC(C(=O)Nc2ccc(Cl)cc2Cl)Oc2ccc(Cl)cc21. The van der Waals surface area contributed by atoms with Crippen LogP contribution in [0.15, 0.2) is 36.4 Å². The Balaban J connectivity index is 1.88. The Morgan fingerprint density at radius 1 is 1.15 bits per heavy atom. The summed E-state index contributed by atoms with van der Waals surface area (Å²) in [6.45, 7) is 0.0681. The van der Waals surface area contributed by atoms with E-state index in [9.17, 15) is 13.2 Å². The Bertz CT molecular complexity index is 998. The summed E-state index contributed by atoms with van der Waals surface area (Å²) in [6, 6.07) is 9.28. The molecule has 1 aliphatic rings. The minimum absolute atomic E-state index is 0.0681. The molecule has 0 bridgehead atoms. The van der Waals surface area contributed by atoms with Crippen LogP contribution in [0, 0.1) is 0 Å². The molecular formula is C17H15Cl3N2O4S. The van der Waals surface area contributed by atoms with Crippen molar-refractivity contribution in [3.63, 3.8) is 0 Å². The maximum Gasteiger partial charge on any atom is 0.265 e. The number of benzene rings is 2. The number of carbonyl (C=O) groups is 1. The van der Waals surface area contributed by atoms with Gasteiger partial charge in [-0.15, -0.1) is 0 Å². The smallest absolute Gasteiger partial charge is 0.265 e. The summed E-state index contributed by atoms with van der Waals surface area (Å²) in [5, 5.41) is 3.77. The Labute approximate surface area is 172 Å². The van der Waals surface area contributed by atoms with Crippen molar-refractivity contribution in [1.29, 1.82) is 0 Å². The number of ether oxygens (including phenoxy) is 1. The molecule has 2 aromatic rings. The minimum Gasteiger partial charge on any atom is -0.478 e. The van der Waals surface area contributed by atoms with Crippen molar-refractivity contribution in [1.82, 2.24) is 0 Å².